The molecule has 4 N–H and O–H groups in total. The Labute approximate surface area is 154 Å². The Bertz CT molecular complexity index is 809. The zero-order valence-corrected chi connectivity index (χ0v) is 15.2. The van der Waals surface area contributed by atoms with Crippen molar-refractivity contribution in [2.75, 3.05) is 0 Å². The summed E-state index contributed by atoms with van der Waals surface area (Å²) in [6, 6.07) is 21.4. The minimum Gasteiger partial charge on any atom is -0.455 e. The zero-order valence-electron chi connectivity index (χ0n) is 15.2. The molecule has 0 fully saturated rings. The summed E-state index contributed by atoms with van der Waals surface area (Å²) in [5, 5.41) is 22.1. The molecule has 3 aromatic rings. The molecule has 0 spiro atoms. The van der Waals surface area contributed by atoms with Crippen LogP contribution < -0.4 is 5.32 Å². The number of hydrogen-bond donors (Lipinski definition) is 3. The minimum atomic E-state index is -0.515. The molecule has 4 heteroatoms. The van der Waals surface area contributed by atoms with Crippen LogP contribution in [-0.4, -0.2) is 16.3 Å². The van der Waals surface area contributed by atoms with Crippen molar-refractivity contribution in [1.29, 1.82) is 0 Å². The first kappa shape index (κ1) is 18.4. The summed E-state index contributed by atoms with van der Waals surface area (Å²) in [6.07, 6.45) is -0.984. The van der Waals surface area contributed by atoms with Crippen LogP contribution in [0.1, 0.15) is 42.9 Å². The highest BCUT2D eigenvalue weighted by Gasteiger charge is 2.19. The van der Waals surface area contributed by atoms with E-state index in [-0.39, 0.29) is 6.04 Å². The van der Waals surface area contributed by atoms with Crippen LogP contribution in [0.5, 0.6) is 0 Å². The number of quaternary nitrogens is 1. The number of nitrogens with two attached hydrogens (primary N) is 1. The molecule has 0 aliphatic heterocycles. The number of rotatable bonds is 7. The van der Waals surface area contributed by atoms with Crippen molar-refractivity contribution < 1.29 is 19.9 Å². The monoisotopic (exact) mass is 352 g/mol. The van der Waals surface area contributed by atoms with Crippen LogP contribution in [0.15, 0.2) is 71.1 Å². The third-order valence-electron chi connectivity index (χ3n) is 4.67. The van der Waals surface area contributed by atoms with Gasteiger partial charge in [0, 0.05) is 5.56 Å². The van der Waals surface area contributed by atoms with E-state index in [2.05, 4.69) is 5.32 Å². The van der Waals surface area contributed by atoms with Crippen LogP contribution in [0.25, 0.3) is 11.3 Å². The first-order chi connectivity index (χ1) is 12.5. The first-order valence-corrected chi connectivity index (χ1v) is 8.98. The Morgan fingerprint density at radius 3 is 2.19 bits per heavy atom. The molecule has 0 bridgehead atoms. The highest BCUT2D eigenvalue weighted by atomic mass is 16.3. The van der Waals surface area contributed by atoms with Crippen molar-refractivity contribution in [3.63, 3.8) is 0 Å². The van der Waals surface area contributed by atoms with Crippen molar-refractivity contribution in [2.45, 2.75) is 38.6 Å². The predicted molar refractivity (Wildman–Crippen MR) is 101 cm³/mol. The summed E-state index contributed by atoms with van der Waals surface area (Å²) in [6.45, 7) is 4.42. The molecule has 0 aliphatic carbocycles. The molecule has 0 amide bonds. The van der Waals surface area contributed by atoms with E-state index in [1.165, 1.54) is 0 Å². The van der Waals surface area contributed by atoms with Crippen molar-refractivity contribution in [1.82, 2.24) is 0 Å². The smallest absolute Gasteiger partial charge is 0.158 e. The van der Waals surface area contributed by atoms with E-state index in [1.54, 1.807) is 6.92 Å². The summed E-state index contributed by atoms with van der Waals surface area (Å²) in [5.41, 5.74) is 2.80. The van der Waals surface area contributed by atoms with Gasteiger partial charge in [-0.15, -0.1) is 0 Å². The van der Waals surface area contributed by atoms with E-state index in [1.807, 2.05) is 73.7 Å². The van der Waals surface area contributed by atoms with Crippen molar-refractivity contribution in [3.8, 4) is 11.3 Å². The topological polar surface area (TPSA) is 70.2 Å². The van der Waals surface area contributed by atoms with Gasteiger partial charge in [0.2, 0.25) is 0 Å². The largest absolute Gasteiger partial charge is 0.455 e. The highest BCUT2D eigenvalue weighted by molar-refractivity contribution is 5.58. The van der Waals surface area contributed by atoms with Gasteiger partial charge in [-0.25, -0.2) is 0 Å². The first-order valence-electron chi connectivity index (χ1n) is 8.98. The van der Waals surface area contributed by atoms with Crippen molar-refractivity contribution in [2.24, 2.45) is 0 Å². The summed E-state index contributed by atoms with van der Waals surface area (Å²) < 4.78 is 5.93. The molecule has 0 radical (unpaired) electrons. The van der Waals surface area contributed by atoms with Crippen LogP contribution >= 0.6 is 0 Å². The maximum absolute atomic E-state index is 10.4. The van der Waals surface area contributed by atoms with Gasteiger partial charge in [0.05, 0.1) is 6.10 Å². The van der Waals surface area contributed by atoms with Gasteiger partial charge in [0.25, 0.3) is 0 Å². The molecular formula is C22H26NO3+. The molecule has 1 aromatic heterocycles. The lowest BCUT2D eigenvalue weighted by Crippen LogP contribution is -2.88. The summed E-state index contributed by atoms with van der Waals surface area (Å²) >= 11 is 0. The van der Waals surface area contributed by atoms with Crippen molar-refractivity contribution in [3.05, 3.63) is 83.6 Å². The van der Waals surface area contributed by atoms with Gasteiger partial charge in [-0.3, -0.25) is 0 Å². The summed E-state index contributed by atoms with van der Waals surface area (Å²) in [7, 11) is 0. The third-order valence-corrected chi connectivity index (χ3v) is 4.67. The molecule has 0 saturated heterocycles. The van der Waals surface area contributed by atoms with Gasteiger partial charge in [0.15, 0.2) is 5.76 Å². The number of aliphatic hydroxyl groups is 2. The summed E-state index contributed by atoms with van der Waals surface area (Å²) in [4.78, 5) is 0. The van der Waals surface area contributed by atoms with E-state index < -0.39 is 12.2 Å². The quantitative estimate of drug-likeness (QED) is 0.612. The Morgan fingerprint density at radius 1 is 0.846 bits per heavy atom. The second-order valence-corrected chi connectivity index (χ2v) is 6.72. The van der Waals surface area contributed by atoms with Crippen LogP contribution in [0.4, 0.5) is 0 Å². The second-order valence-electron chi connectivity index (χ2n) is 6.72. The number of furan rings is 1. The van der Waals surface area contributed by atoms with E-state index in [4.69, 9.17) is 4.42 Å². The molecule has 136 valence electrons. The van der Waals surface area contributed by atoms with E-state index in [9.17, 15) is 10.2 Å². The fraction of sp³-hybridized carbons (Fsp3) is 0.273. The van der Waals surface area contributed by atoms with Crippen LogP contribution in [0, 0.1) is 0 Å². The predicted octanol–water partition coefficient (Wildman–Crippen LogP) is 3.19. The lowest BCUT2D eigenvalue weighted by atomic mass is 10.0. The van der Waals surface area contributed by atoms with Crippen LogP contribution in [0.2, 0.25) is 0 Å². The van der Waals surface area contributed by atoms with Gasteiger partial charge in [-0.1, -0.05) is 54.6 Å². The Hall–Kier alpha value is -2.40. The fourth-order valence-corrected chi connectivity index (χ4v) is 2.95. The molecule has 4 nitrogen and oxygen atoms in total. The maximum atomic E-state index is 10.4. The fourth-order valence-electron chi connectivity index (χ4n) is 2.95. The van der Waals surface area contributed by atoms with Gasteiger partial charge in [-0.05, 0) is 37.1 Å². The normalized spacial score (nSPS) is 14.8. The minimum absolute atomic E-state index is 0.0243. The third kappa shape index (κ3) is 4.41. The number of benzene rings is 2. The Balaban J connectivity index is 1.60. The van der Waals surface area contributed by atoms with Gasteiger partial charge in [0.1, 0.15) is 24.5 Å². The number of hydrogen-bond acceptors (Lipinski definition) is 3. The maximum Gasteiger partial charge on any atom is 0.158 e. The SMILES string of the molecule is C[C@H]([NH2+]Cc1ccc(-c2ccc([C@@H](C)O)cc2)o1)[C@H](O)c1ccccc1. The van der Waals surface area contributed by atoms with E-state index in [0.717, 1.165) is 28.2 Å². The van der Waals surface area contributed by atoms with E-state index in [0.29, 0.717) is 6.54 Å². The Morgan fingerprint density at radius 2 is 1.54 bits per heavy atom. The molecule has 0 unspecified atom stereocenters. The lowest BCUT2D eigenvalue weighted by Gasteiger charge is -2.17. The van der Waals surface area contributed by atoms with Gasteiger partial charge in [-0.2, -0.15) is 0 Å². The van der Waals surface area contributed by atoms with Crippen LogP contribution in [-0.2, 0) is 6.54 Å². The standard InChI is InChI=1S/C22H25NO3/c1-15(22(25)19-6-4-3-5-7-19)23-14-20-12-13-21(26-20)18-10-8-17(9-11-18)16(2)24/h3-13,15-16,22-25H,14H2,1-2H3/p+1/t15-,16+,22-/m0/s1. The second kappa shape index (κ2) is 8.32. The van der Waals surface area contributed by atoms with E-state index >= 15 is 0 Å². The molecule has 3 rings (SSSR count). The zero-order chi connectivity index (χ0) is 18.5. The number of aliphatic hydroxyl groups excluding tert-OH is 2. The summed E-state index contributed by atoms with van der Waals surface area (Å²) in [5.74, 6) is 1.67. The Kier molecular flexibility index (Phi) is 5.89. The molecule has 3 atom stereocenters. The van der Waals surface area contributed by atoms with Crippen molar-refractivity contribution >= 4 is 0 Å². The molecule has 0 aliphatic rings. The molecule has 1 heterocycles. The lowest BCUT2D eigenvalue weighted by molar-refractivity contribution is -0.710. The van der Waals surface area contributed by atoms with Gasteiger partial charge < -0.3 is 19.9 Å². The van der Waals surface area contributed by atoms with Gasteiger partial charge >= 0.3 is 0 Å². The molecular weight excluding hydrogens is 326 g/mol. The average Bonchev–Trinajstić information content (AvgIpc) is 3.15. The van der Waals surface area contributed by atoms with Crippen LogP contribution in [0.3, 0.4) is 0 Å². The molecule has 0 saturated carbocycles. The highest BCUT2D eigenvalue weighted by Crippen LogP contribution is 2.24. The molecule has 2 aromatic carbocycles. The molecule has 26 heavy (non-hydrogen) atoms. The average molecular weight is 352 g/mol.